The van der Waals surface area contributed by atoms with Gasteiger partial charge in [0.25, 0.3) is 0 Å². The summed E-state index contributed by atoms with van der Waals surface area (Å²) in [7, 11) is 0. The zero-order valence-corrected chi connectivity index (χ0v) is 19.3. The van der Waals surface area contributed by atoms with Crippen LogP contribution >= 0.6 is 0 Å². The summed E-state index contributed by atoms with van der Waals surface area (Å²) in [5.41, 5.74) is 0. The molecule has 1 aliphatic heterocycles. The van der Waals surface area contributed by atoms with Crippen LogP contribution in [0.15, 0.2) is 12.2 Å². The van der Waals surface area contributed by atoms with E-state index in [0.29, 0.717) is 6.04 Å². The largest absolute Gasteiger partial charge is 0.307 e. The van der Waals surface area contributed by atoms with Gasteiger partial charge in [-0.05, 0) is 61.7 Å². The highest BCUT2D eigenvalue weighted by molar-refractivity contribution is 5.06. The molecule has 1 heteroatoms. The molecule has 3 rings (SSSR count). The summed E-state index contributed by atoms with van der Waals surface area (Å²) in [6, 6.07) is 1.53. The molecule has 0 spiro atoms. The quantitative estimate of drug-likeness (QED) is 0.280. The molecule has 6 unspecified atom stereocenters. The van der Waals surface area contributed by atoms with Crippen LogP contribution in [0, 0.1) is 29.6 Å². The summed E-state index contributed by atoms with van der Waals surface area (Å²) in [6.07, 6.45) is 26.6. The lowest BCUT2D eigenvalue weighted by atomic mass is 9.58. The van der Waals surface area contributed by atoms with Crippen LogP contribution in [0.2, 0.25) is 0 Å². The van der Waals surface area contributed by atoms with Crippen LogP contribution < -0.4 is 5.32 Å². The van der Waals surface area contributed by atoms with Crippen molar-refractivity contribution in [2.24, 2.45) is 29.6 Å². The van der Waals surface area contributed by atoms with Gasteiger partial charge in [-0.1, -0.05) is 97.1 Å². The van der Waals surface area contributed by atoms with Gasteiger partial charge in [-0.2, -0.15) is 0 Å². The molecule has 0 aromatic carbocycles. The molecule has 1 nitrogen and oxygen atoms in total. The monoisotopic (exact) mass is 387 g/mol. The Morgan fingerprint density at radius 1 is 0.857 bits per heavy atom. The van der Waals surface area contributed by atoms with Crippen LogP contribution in [0.1, 0.15) is 117 Å². The Labute approximate surface area is 176 Å². The molecule has 1 heterocycles. The van der Waals surface area contributed by atoms with Gasteiger partial charge in [0.1, 0.15) is 0 Å². The zero-order chi connectivity index (χ0) is 19.8. The molecule has 1 saturated heterocycles. The fourth-order valence-electron chi connectivity index (χ4n) is 6.36. The molecule has 3 fully saturated rings. The average molecular weight is 388 g/mol. The lowest BCUT2D eigenvalue weighted by Gasteiger charge is -2.54. The van der Waals surface area contributed by atoms with Crippen molar-refractivity contribution in [3.63, 3.8) is 0 Å². The molecule has 6 atom stereocenters. The van der Waals surface area contributed by atoms with Crippen LogP contribution in [0.3, 0.4) is 0 Å². The van der Waals surface area contributed by atoms with Crippen molar-refractivity contribution in [1.29, 1.82) is 0 Å². The van der Waals surface area contributed by atoms with Gasteiger partial charge in [0, 0.05) is 12.1 Å². The third-order valence-electron chi connectivity index (χ3n) is 8.69. The van der Waals surface area contributed by atoms with E-state index in [1.807, 2.05) is 0 Å². The topological polar surface area (TPSA) is 12.0 Å². The molecule has 0 amide bonds. The molecule has 2 saturated carbocycles. The smallest absolute Gasteiger partial charge is 0.0252 e. The van der Waals surface area contributed by atoms with Crippen LogP contribution in [-0.4, -0.2) is 12.1 Å². The number of nitrogens with one attached hydrogen (secondary N) is 1. The number of hydrogen-bond acceptors (Lipinski definition) is 1. The van der Waals surface area contributed by atoms with E-state index in [-0.39, 0.29) is 0 Å². The normalized spacial score (nSPS) is 33.4. The van der Waals surface area contributed by atoms with Crippen molar-refractivity contribution < 1.29 is 0 Å². The van der Waals surface area contributed by atoms with Crippen molar-refractivity contribution in [1.82, 2.24) is 5.32 Å². The van der Waals surface area contributed by atoms with E-state index >= 15 is 0 Å². The summed E-state index contributed by atoms with van der Waals surface area (Å²) in [5.74, 6) is 4.88. The molecule has 162 valence electrons. The van der Waals surface area contributed by atoms with Gasteiger partial charge < -0.3 is 5.32 Å². The second kappa shape index (κ2) is 11.8. The van der Waals surface area contributed by atoms with Gasteiger partial charge in [-0.25, -0.2) is 0 Å². The third-order valence-corrected chi connectivity index (χ3v) is 8.69. The molecule has 2 aliphatic carbocycles. The highest BCUT2D eigenvalue weighted by atomic mass is 15.0. The minimum absolute atomic E-state index is 0.667. The van der Waals surface area contributed by atoms with E-state index in [0.717, 1.165) is 35.6 Å². The Morgan fingerprint density at radius 2 is 1.61 bits per heavy atom. The van der Waals surface area contributed by atoms with Crippen molar-refractivity contribution in [2.75, 3.05) is 0 Å². The minimum Gasteiger partial charge on any atom is -0.307 e. The first-order valence-corrected chi connectivity index (χ1v) is 13.1. The van der Waals surface area contributed by atoms with E-state index in [2.05, 4.69) is 38.2 Å². The summed E-state index contributed by atoms with van der Waals surface area (Å²) < 4.78 is 0. The van der Waals surface area contributed by atoms with E-state index < -0.39 is 0 Å². The van der Waals surface area contributed by atoms with Crippen molar-refractivity contribution >= 4 is 0 Å². The summed E-state index contributed by atoms with van der Waals surface area (Å²) in [4.78, 5) is 0. The molecule has 0 bridgehead atoms. The summed E-state index contributed by atoms with van der Waals surface area (Å²) in [5, 5.41) is 4.06. The summed E-state index contributed by atoms with van der Waals surface area (Å²) in [6.45, 7) is 7.25. The van der Waals surface area contributed by atoms with Gasteiger partial charge in [0.15, 0.2) is 0 Å². The molecule has 1 N–H and O–H groups in total. The average Bonchev–Trinajstić information content (AvgIpc) is 2.71. The molecule has 0 radical (unpaired) electrons. The van der Waals surface area contributed by atoms with Gasteiger partial charge in [0.05, 0.1) is 0 Å². The van der Waals surface area contributed by atoms with Gasteiger partial charge in [-0.15, -0.1) is 0 Å². The predicted octanol–water partition coefficient (Wildman–Crippen LogP) is 7.90. The number of allylic oxidation sites excluding steroid dienone is 1. The Morgan fingerprint density at radius 3 is 2.36 bits per heavy atom. The maximum absolute atomic E-state index is 4.06. The lowest BCUT2D eigenvalue weighted by Crippen LogP contribution is -2.60. The third kappa shape index (κ3) is 6.35. The van der Waals surface area contributed by atoms with Gasteiger partial charge in [0.2, 0.25) is 0 Å². The lowest BCUT2D eigenvalue weighted by molar-refractivity contribution is 0.0106. The standard InChI is InChI=1S/C27H49N/c1-4-5-13-21(2)22(3)14-9-6-7-12-17-25-19-18-24-20-26(27(24)28-25)23-15-10-8-11-16-23/h12,17,21-28H,4-11,13-16,18-20H2,1-3H3/b17-12+. The van der Waals surface area contributed by atoms with Crippen molar-refractivity contribution in [2.45, 2.75) is 129 Å². The number of rotatable bonds is 11. The molecular formula is C27H49N. The van der Waals surface area contributed by atoms with E-state index in [1.54, 1.807) is 0 Å². The van der Waals surface area contributed by atoms with Crippen LogP contribution in [0.5, 0.6) is 0 Å². The molecule has 3 aliphatic rings. The van der Waals surface area contributed by atoms with E-state index in [9.17, 15) is 0 Å². The molecular weight excluding hydrogens is 338 g/mol. The zero-order valence-electron chi connectivity index (χ0n) is 19.3. The Kier molecular flexibility index (Phi) is 9.41. The van der Waals surface area contributed by atoms with Crippen molar-refractivity contribution in [3.8, 4) is 0 Å². The van der Waals surface area contributed by atoms with Crippen LogP contribution in [0.25, 0.3) is 0 Å². The number of fused-ring (bicyclic) bond motifs is 1. The fourth-order valence-corrected chi connectivity index (χ4v) is 6.36. The van der Waals surface area contributed by atoms with Gasteiger partial charge >= 0.3 is 0 Å². The van der Waals surface area contributed by atoms with E-state index in [1.165, 1.54) is 96.3 Å². The van der Waals surface area contributed by atoms with Crippen LogP contribution in [0.4, 0.5) is 0 Å². The fraction of sp³-hybridized carbons (Fsp3) is 0.926. The first kappa shape index (κ1) is 22.4. The maximum Gasteiger partial charge on any atom is 0.0252 e. The van der Waals surface area contributed by atoms with Crippen molar-refractivity contribution in [3.05, 3.63) is 12.2 Å². The molecule has 28 heavy (non-hydrogen) atoms. The minimum atomic E-state index is 0.667. The predicted molar refractivity (Wildman–Crippen MR) is 124 cm³/mol. The summed E-state index contributed by atoms with van der Waals surface area (Å²) >= 11 is 0. The van der Waals surface area contributed by atoms with E-state index in [4.69, 9.17) is 0 Å². The molecule has 0 aromatic heterocycles. The Balaban J connectivity index is 1.29. The first-order valence-electron chi connectivity index (χ1n) is 13.1. The number of unbranched alkanes of at least 4 members (excludes halogenated alkanes) is 3. The maximum atomic E-state index is 4.06. The number of hydrogen-bond donors (Lipinski definition) is 1. The highest BCUT2D eigenvalue weighted by Gasteiger charge is 2.46. The van der Waals surface area contributed by atoms with Crippen LogP contribution in [-0.2, 0) is 0 Å². The molecule has 0 aromatic rings. The SMILES string of the molecule is CCCCC(C)C(C)CCCC/C=C/C1CCC2CC(C3CCCCC3)C2N1. The highest BCUT2D eigenvalue weighted by Crippen LogP contribution is 2.48. The Bertz CT molecular complexity index is 449. The van der Waals surface area contributed by atoms with Gasteiger partial charge in [-0.3, -0.25) is 0 Å². The second-order valence-corrected chi connectivity index (χ2v) is 10.7. The first-order chi connectivity index (χ1) is 13.7. The second-order valence-electron chi connectivity index (χ2n) is 10.7. The number of piperidine rings is 1. The Hall–Kier alpha value is -0.300.